The minimum absolute atomic E-state index is 0.144. The molecule has 59 heavy (non-hydrogen) atoms. The summed E-state index contributed by atoms with van der Waals surface area (Å²) in [7, 11) is 0. The molecule has 1 aliphatic carbocycles. The summed E-state index contributed by atoms with van der Waals surface area (Å²) in [5, 5.41) is 4.92. The van der Waals surface area contributed by atoms with Crippen molar-refractivity contribution in [2.45, 2.75) is 19.3 Å². The second-order valence-corrected chi connectivity index (χ2v) is 16.2. The Morgan fingerprint density at radius 3 is 1.59 bits per heavy atom. The zero-order valence-corrected chi connectivity index (χ0v) is 33.0. The van der Waals surface area contributed by atoms with Crippen molar-refractivity contribution in [3.05, 3.63) is 217 Å². The average molecular weight is 753 g/mol. The first-order valence-corrected chi connectivity index (χ1v) is 20.4. The molecule has 1 aromatic heterocycles. The molecule has 0 saturated carbocycles. The maximum Gasteiger partial charge on any atom is 0.160 e. The first-order valence-electron chi connectivity index (χ1n) is 20.4. The van der Waals surface area contributed by atoms with Crippen LogP contribution in [-0.4, -0.2) is 9.97 Å². The van der Waals surface area contributed by atoms with Gasteiger partial charge in [-0.15, -0.1) is 0 Å². The Labute approximate surface area is 345 Å². The molecule has 0 radical (unpaired) electrons. The third kappa shape index (κ3) is 5.96. The molecule has 0 N–H and O–H groups in total. The van der Waals surface area contributed by atoms with Gasteiger partial charge in [-0.1, -0.05) is 196 Å². The fourth-order valence-electron chi connectivity index (χ4n) is 9.35. The van der Waals surface area contributed by atoms with E-state index < -0.39 is 0 Å². The highest BCUT2D eigenvalue weighted by Gasteiger charge is 2.37. The molecule has 0 atom stereocenters. The van der Waals surface area contributed by atoms with Crippen molar-refractivity contribution < 1.29 is 0 Å². The standard InChI is InChI=1S/C57H40N2/c1-57(2)52-35-42-20-10-9-19-41(42)34-51(52)50-26-14-25-46(55(50)57)44-22-13-21-43(33-44)45-31-32-49(48-24-12-11-23-47(45)48)54-36-53(58-56(59-54)40-17-7-4-8-18-40)39-29-27-38(28-30-39)37-15-5-3-6-16-37/h3-36H,1-2H3. The van der Waals surface area contributed by atoms with Crippen molar-refractivity contribution in [2.24, 2.45) is 0 Å². The van der Waals surface area contributed by atoms with Crippen molar-refractivity contribution >= 4 is 21.5 Å². The lowest BCUT2D eigenvalue weighted by Crippen LogP contribution is -2.16. The molecule has 1 aliphatic rings. The van der Waals surface area contributed by atoms with E-state index in [0.29, 0.717) is 5.82 Å². The van der Waals surface area contributed by atoms with Gasteiger partial charge in [-0.3, -0.25) is 0 Å². The van der Waals surface area contributed by atoms with Gasteiger partial charge in [0.1, 0.15) is 0 Å². The molecule has 0 spiro atoms. The van der Waals surface area contributed by atoms with Crippen molar-refractivity contribution in [1.29, 1.82) is 0 Å². The van der Waals surface area contributed by atoms with Gasteiger partial charge in [0.2, 0.25) is 0 Å². The van der Waals surface area contributed by atoms with E-state index in [-0.39, 0.29) is 5.41 Å². The summed E-state index contributed by atoms with van der Waals surface area (Å²) in [6.07, 6.45) is 0. The van der Waals surface area contributed by atoms with Crippen molar-refractivity contribution in [3.63, 3.8) is 0 Å². The topological polar surface area (TPSA) is 25.8 Å². The molecular formula is C57H40N2. The number of rotatable bonds is 6. The zero-order chi connectivity index (χ0) is 39.5. The lowest BCUT2D eigenvalue weighted by molar-refractivity contribution is 0.663. The van der Waals surface area contributed by atoms with Gasteiger partial charge in [0, 0.05) is 22.1 Å². The van der Waals surface area contributed by atoms with Crippen LogP contribution in [0.2, 0.25) is 0 Å². The minimum Gasteiger partial charge on any atom is -0.228 e. The number of benzene rings is 9. The van der Waals surface area contributed by atoms with Gasteiger partial charge in [-0.2, -0.15) is 0 Å². The number of nitrogens with zero attached hydrogens (tertiary/aromatic N) is 2. The Balaban J connectivity index is 1.02. The van der Waals surface area contributed by atoms with Gasteiger partial charge in [0.25, 0.3) is 0 Å². The maximum atomic E-state index is 5.24. The maximum absolute atomic E-state index is 5.24. The summed E-state index contributed by atoms with van der Waals surface area (Å²) in [5.41, 5.74) is 17.5. The van der Waals surface area contributed by atoms with Crippen LogP contribution < -0.4 is 0 Å². The van der Waals surface area contributed by atoms with Gasteiger partial charge < -0.3 is 0 Å². The number of aromatic nitrogens is 2. The third-order valence-electron chi connectivity index (χ3n) is 12.3. The predicted molar refractivity (Wildman–Crippen MR) is 247 cm³/mol. The van der Waals surface area contributed by atoms with Crippen LogP contribution in [0.3, 0.4) is 0 Å². The third-order valence-corrected chi connectivity index (χ3v) is 12.3. The Morgan fingerprint density at radius 2 is 0.847 bits per heavy atom. The van der Waals surface area contributed by atoms with Crippen LogP contribution in [0.15, 0.2) is 206 Å². The summed E-state index contributed by atoms with van der Waals surface area (Å²) >= 11 is 0. The number of hydrogen-bond acceptors (Lipinski definition) is 2. The smallest absolute Gasteiger partial charge is 0.160 e. The van der Waals surface area contributed by atoms with E-state index in [0.717, 1.165) is 33.5 Å². The SMILES string of the molecule is CC1(C)c2cc3ccccc3cc2-c2cccc(-c3cccc(-c4ccc(-c5cc(-c6ccc(-c7ccccc7)cc6)nc(-c6ccccc6)n5)c5ccccc45)c3)c21. The Kier molecular flexibility index (Phi) is 8.20. The molecule has 0 saturated heterocycles. The molecule has 10 aromatic rings. The molecule has 11 rings (SSSR count). The average Bonchev–Trinajstić information content (AvgIpc) is 3.53. The predicted octanol–water partition coefficient (Wildman–Crippen LogP) is 15.1. The first-order chi connectivity index (χ1) is 29.0. The van der Waals surface area contributed by atoms with E-state index >= 15 is 0 Å². The fraction of sp³-hybridized carbons (Fsp3) is 0.0526. The van der Waals surface area contributed by atoms with Crippen LogP contribution in [0.1, 0.15) is 25.0 Å². The molecule has 2 heteroatoms. The zero-order valence-electron chi connectivity index (χ0n) is 33.0. The molecule has 0 amide bonds. The quantitative estimate of drug-likeness (QED) is 0.169. The lowest BCUT2D eigenvalue weighted by atomic mass is 9.78. The van der Waals surface area contributed by atoms with Crippen LogP contribution in [0.25, 0.3) is 100.0 Å². The van der Waals surface area contributed by atoms with Crippen molar-refractivity contribution in [2.75, 3.05) is 0 Å². The second-order valence-electron chi connectivity index (χ2n) is 16.2. The number of hydrogen-bond donors (Lipinski definition) is 0. The van der Waals surface area contributed by atoms with Gasteiger partial charge >= 0.3 is 0 Å². The molecule has 0 unspecified atom stereocenters. The second kappa shape index (κ2) is 13.9. The molecule has 0 aliphatic heterocycles. The lowest BCUT2D eigenvalue weighted by Gasteiger charge is -2.25. The monoisotopic (exact) mass is 752 g/mol. The summed E-state index contributed by atoms with van der Waals surface area (Å²) in [5.74, 6) is 0.708. The first kappa shape index (κ1) is 34.8. The van der Waals surface area contributed by atoms with Crippen LogP contribution in [0.5, 0.6) is 0 Å². The molecule has 278 valence electrons. The summed E-state index contributed by atoms with van der Waals surface area (Å²) < 4.78 is 0. The van der Waals surface area contributed by atoms with Gasteiger partial charge in [0.05, 0.1) is 11.4 Å². The summed E-state index contributed by atoms with van der Waals surface area (Å²) in [6, 6.07) is 74.3. The van der Waals surface area contributed by atoms with E-state index in [4.69, 9.17) is 9.97 Å². The van der Waals surface area contributed by atoms with Crippen LogP contribution in [-0.2, 0) is 5.41 Å². The molecule has 0 fully saturated rings. The normalized spacial score (nSPS) is 12.7. The van der Waals surface area contributed by atoms with Crippen LogP contribution in [0.4, 0.5) is 0 Å². The Hall–Kier alpha value is -7.42. The highest BCUT2D eigenvalue weighted by atomic mass is 14.9. The van der Waals surface area contributed by atoms with Crippen molar-refractivity contribution in [1.82, 2.24) is 9.97 Å². The van der Waals surface area contributed by atoms with E-state index in [1.807, 2.05) is 18.2 Å². The van der Waals surface area contributed by atoms with E-state index in [1.165, 1.54) is 71.8 Å². The van der Waals surface area contributed by atoms with Gasteiger partial charge in [-0.25, -0.2) is 9.97 Å². The Bertz CT molecular complexity index is 3220. The van der Waals surface area contributed by atoms with Gasteiger partial charge in [0.15, 0.2) is 5.82 Å². The van der Waals surface area contributed by atoms with Crippen molar-refractivity contribution in [3.8, 4) is 78.4 Å². The molecule has 9 aromatic carbocycles. The highest BCUT2D eigenvalue weighted by molar-refractivity contribution is 6.05. The van der Waals surface area contributed by atoms with E-state index in [2.05, 4.69) is 202 Å². The summed E-state index contributed by atoms with van der Waals surface area (Å²) in [6.45, 7) is 4.76. The van der Waals surface area contributed by atoms with Crippen LogP contribution in [0, 0.1) is 0 Å². The molecular weight excluding hydrogens is 713 g/mol. The molecule has 2 nitrogen and oxygen atoms in total. The molecule has 1 heterocycles. The Morgan fingerprint density at radius 1 is 0.322 bits per heavy atom. The minimum atomic E-state index is -0.144. The van der Waals surface area contributed by atoms with E-state index in [9.17, 15) is 0 Å². The fourth-order valence-corrected chi connectivity index (χ4v) is 9.35. The summed E-state index contributed by atoms with van der Waals surface area (Å²) in [4.78, 5) is 10.4. The molecule has 0 bridgehead atoms. The van der Waals surface area contributed by atoms with Gasteiger partial charge in [-0.05, 0) is 101 Å². The number of fused-ring (bicyclic) bond motifs is 5. The largest absolute Gasteiger partial charge is 0.228 e. The van der Waals surface area contributed by atoms with Crippen LogP contribution >= 0.6 is 0 Å². The van der Waals surface area contributed by atoms with E-state index in [1.54, 1.807) is 0 Å². The highest BCUT2D eigenvalue weighted by Crippen LogP contribution is 2.53.